The van der Waals surface area contributed by atoms with Crippen LogP contribution in [-0.2, 0) is 12.7 Å². The summed E-state index contributed by atoms with van der Waals surface area (Å²) < 4.78 is 38.0. The topological polar surface area (TPSA) is 15.3 Å². The Kier molecular flexibility index (Phi) is 5.27. The summed E-state index contributed by atoms with van der Waals surface area (Å²) in [6.45, 7) is 3.86. The fourth-order valence-corrected chi connectivity index (χ4v) is 3.85. The first-order chi connectivity index (χ1) is 11.0. The molecule has 23 heavy (non-hydrogen) atoms. The number of hydrogen-bond acceptors (Lipinski definition) is 2. The van der Waals surface area contributed by atoms with Crippen molar-refractivity contribution < 1.29 is 13.2 Å². The molecule has 2 fully saturated rings. The summed E-state index contributed by atoms with van der Waals surface area (Å²) in [4.78, 5) is 2.48. The van der Waals surface area contributed by atoms with Crippen molar-refractivity contribution in [3.63, 3.8) is 0 Å². The fraction of sp³-hybridized carbons (Fsp3) is 0.667. The van der Waals surface area contributed by atoms with E-state index in [0.29, 0.717) is 6.04 Å². The smallest absolute Gasteiger partial charge is 0.315 e. The van der Waals surface area contributed by atoms with Crippen LogP contribution in [0.25, 0.3) is 0 Å². The van der Waals surface area contributed by atoms with Crippen molar-refractivity contribution in [2.45, 2.75) is 50.9 Å². The summed E-state index contributed by atoms with van der Waals surface area (Å²) in [5, 5.41) is 3.40. The molecule has 0 bridgehead atoms. The second kappa shape index (κ2) is 7.22. The maximum atomic E-state index is 12.7. The van der Waals surface area contributed by atoms with Gasteiger partial charge in [-0.2, -0.15) is 13.2 Å². The zero-order valence-corrected chi connectivity index (χ0v) is 13.4. The third-order valence-electron chi connectivity index (χ3n) is 5.19. The van der Waals surface area contributed by atoms with Gasteiger partial charge in [-0.05, 0) is 49.4 Å². The van der Waals surface area contributed by atoms with E-state index < -0.39 is 11.7 Å². The first-order valence-electron chi connectivity index (χ1n) is 8.63. The molecule has 0 spiro atoms. The zero-order chi connectivity index (χ0) is 16.3. The molecule has 0 aromatic heterocycles. The molecule has 0 amide bonds. The molecule has 1 aliphatic carbocycles. The second-order valence-corrected chi connectivity index (χ2v) is 6.92. The van der Waals surface area contributed by atoms with Crippen LogP contribution in [0.3, 0.4) is 0 Å². The Morgan fingerprint density at radius 3 is 2.30 bits per heavy atom. The molecule has 5 heteroatoms. The van der Waals surface area contributed by atoms with Gasteiger partial charge in [0, 0.05) is 25.7 Å². The van der Waals surface area contributed by atoms with E-state index in [0.717, 1.165) is 44.1 Å². The van der Waals surface area contributed by atoms with Gasteiger partial charge in [-0.3, -0.25) is 4.90 Å². The maximum absolute atomic E-state index is 12.7. The van der Waals surface area contributed by atoms with Crippen LogP contribution in [0.15, 0.2) is 24.3 Å². The van der Waals surface area contributed by atoms with E-state index in [4.69, 9.17) is 0 Å². The molecule has 1 saturated heterocycles. The molecule has 128 valence electrons. The van der Waals surface area contributed by atoms with Crippen LogP contribution in [0.4, 0.5) is 13.2 Å². The molecule has 0 unspecified atom stereocenters. The molecule has 2 aliphatic rings. The van der Waals surface area contributed by atoms with Crippen LogP contribution in [0.5, 0.6) is 0 Å². The van der Waals surface area contributed by atoms with Crippen molar-refractivity contribution in [2.24, 2.45) is 5.92 Å². The van der Waals surface area contributed by atoms with Crippen molar-refractivity contribution >= 4 is 0 Å². The highest BCUT2D eigenvalue weighted by molar-refractivity contribution is 5.24. The average molecular weight is 326 g/mol. The number of nitrogens with zero attached hydrogens (tertiary/aromatic N) is 1. The van der Waals surface area contributed by atoms with Gasteiger partial charge in [0.2, 0.25) is 0 Å². The van der Waals surface area contributed by atoms with Crippen LogP contribution in [0, 0.1) is 5.92 Å². The van der Waals surface area contributed by atoms with Gasteiger partial charge < -0.3 is 5.32 Å². The minimum atomic E-state index is -4.25. The first-order valence-corrected chi connectivity index (χ1v) is 8.63. The Labute approximate surface area is 136 Å². The van der Waals surface area contributed by atoms with E-state index in [-0.39, 0.29) is 0 Å². The molecule has 1 heterocycles. The number of hydrogen-bond donors (Lipinski definition) is 1. The lowest BCUT2D eigenvalue weighted by molar-refractivity contribution is -0.137. The first kappa shape index (κ1) is 16.8. The maximum Gasteiger partial charge on any atom is 0.416 e. The van der Waals surface area contributed by atoms with Gasteiger partial charge in [0.1, 0.15) is 0 Å². The Morgan fingerprint density at radius 2 is 1.74 bits per heavy atom. The van der Waals surface area contributed by atoms with Crippen LogP contribution in [-0.4, -0.2) is 30.6 Å². The Morgan fingerprint density at radius 1 is 1.04 bits per heavy atom. The van der Waals surface area contributed by atoms with Crippen LogP contribution in [0.1, 0.15) is 43.2 Å². The largest absolute Gasteiger partial charge is 0.416 e. The van der Waals surface area contributed by atoms with Crippen LogP contribution < -0.4 is 5.32 Å². The van der Waals surface area contributed by atoms with Gasteiger partial charge in [-0.1, -0.05) is 25.0 Å². The van der Waals surface area contributed by atoms with Crippen molar-refractivity contribution in [1.29, 1.82) is 0 Å². The van der Waals surface area contributed by atoms with E-state index in [1.807, 2.05) is 0 Å². The highest BCUT2D eigenvalue weighted by atomic mass is 19.4. The highest BCUT2D eigenvalue weighted by Crippen LogP contribution is 2.30. The number of rotatable bonds is 5. The van der Waals surface area contributed by atoms with Crippen molar-refractivity contribution in [2.75, 3.05) is 19.6 Å². The van der Waals surface area contributed by atoms with Crippen LogP contribution in [0.2, 0.25) is 0 Å². The lowest BCUT2D eigenvalue weighted by Crippen LogP contribution is -2.39. The quantitative estimate of drug-likeness (QED) is 0.878. The molecule has 3 rings (SSSR count). The molecule has 1 aromatic rings. The third kappa shape index (κ3) is 4.48. The average Bonchev–Trinajstić information content (AvgIpc) is 3.20. The Hall–Kier alpha value is -1.07. The van der Waals surface area contributed by atoms with Gasteiger partial charge in [0.15, 0.2) is 0 Å². The fourth-order valence-electron chi connectivity index (χ4n) is 3.85. The third-order valence-corrected chi connectivity index (χ3v) is 5.19. The van der Waals surface area contributed by atoms with E-state index in [1.54, 1.807) is 12.1 Å². The normalized spacial score (nSPS) is 23.0. The molecule has 0 radical (unpaired) electrons. The Balaban J connectivity index is 1.66. The standard InChI is InChI=1S/C18H25F3N2/c19-18(20,21)16-7-5-15(6-8-16)13-23(17-9-10-22-11-17)12-14-3-1-2-4-14/h5-8,14,17,22H,1-4,9-13H2/t17-/m0/s1. The van der Waals surface area contributed by atoms with Crippen molar-refractivity contribution in [1.82, 2.24) is 10.2 Å². The van der Waals surface area contributed by atoms with Gasteiger partial charge in [0.05, 0.1) is 5.56 Å². The van der Waals surface area contributed by atoms with Gasteiger partial charge >= 0.3 is 6.18 Å². The number of nitrogens with one attached hydrogen (secondary N) is 1. The molecule has 1 atom stereocenters. The predicted molar refractivity (Wildman–Crippen MR) is 85.1 cm³/mol. The molecule has 1 aromatic carbocycles. The van der Waals surface area contributed by atoms with E-state index in [9.17, 15) is 13.2 Å². The number of halogens is 3. The van der Waals surface area contributed by atoms with E-state index >= 15 is 0 Å². The monoisotopic (exact) mass is 326 g/mol. The number of alkyl halides is 3. The van der Waals surface area contributed by atoms with Gasteiger partial charge in [-0.25, -0.2) is 0 Å². The Bertz CT molecular complexity index is 486. The summed E-state index contributed by atoms with van der Waals surface area (Å²) in [6, 6.07) is 6.18. The van der Waals surface area contributed by atoms with Crippen LogP contribution >= 0.6 is 0 Å². The summed E-state index contributed by atoms with van der Waals surface area (Å²) in [6.07, 6.45) is 2.11. The summed E-state index contributed by atoms with van der Waals surface area (Å²) in [5.74, 6) is 0.755. The highest BCUT2D eigenvalue weighted by Gasteiger charge is 2.30. The summed E-state index contributed by atoms with van der Waals surface area (Å²) in [7, 11) is 0. The van der Waals surface area contributed by atoms with E-state index in [2.05, 4.69) is 10.2 Å². The molecule has 2 nitrogen and oxygen atoms in total. The molecule has 1 saturated carbocycles. The van der Waals surface area contributed by atoms with Gasteiger partial charge in [0.25, 0.3) is 0 Å². The minimum Gasteiger partial charge on any atom is -0.315 e. The summed E-state index contributed by atoms with van der Waals surface area (Å²) >= 11 is 0. The zero-order valence-electron chi connectivity index (χ0n) is 13.4. The lowest BCUT2D eigenvalue weighted by Gasteiger charge is -2.31. The molecular formula is C18H25F3N2. The lowest BCUT2D eigenvalue weighted by atomic mass is 10.0. The molecule has 1 N–H and O–H groups in total. The summed E-state index contributed by atoms with van der Waals surface area (Å²) in [5.41, 5.74) is 0.411. The molecular weight excluding hydrogens is 301 g/mol. The second-order valence-electron chi connectivity index (χ2n) is 6.92. The SMILES string of the molecule is FC(F)(F)c1ccc(CN(CC2CCCC2)[C@H]2CCNC2)cc1. The number of benzene rings is 1. The van der Waals surface area contributed by atoms with Crippen molar-refractivity contribution in [3.05, 3.63) is 35.4 Å². The van der Waals surface area contributed by atoms with E-state index in [1.165, 1.54) is 37.8 Å². The minimum absolute atomic E-state index is 0.512. The molecule has 1 aliphatic heterocycles. The van der Waals surface area contributed by atoms with Crippen molar-refractivity contribution in [3.8, 4) is 0 Å². The van der Waals surface area contributed by atoms with Gasteiger partial charge in [-0.15, -0.1) is 0 Å². The predicted octanol–water partition coefficient (Wildman–Crippen LogP) is 4.06.